The van der Waals surface area contributed by atoms with Crippen molar-refractivity contribution in [2.24, 2.45) is 0 Å². The maximum absolute atomic E-state index is 11.8. The van der Waals surface area contributed by atoms with Crippen LogP contribution < -0.4 is 0 Å². The third kappa shape index (κ3) is 2.28. The number of nitrogens with zero attached hydrogens (tertiary/aromatic N) is 1. The molecule has 3 rings (SSSR count). The van der Waals surface area contributed by atoms with E-state index >= 15 is 0 Å². The summed E-state index contributed by atoms with van der Waals surface area (Å²) < 4.78 is 0. The lowest BCUT2D eigenvalue weighted by Gasteiger charge is -2.10. The number of hydrogen-bond donors (Lipinski definition) is 0. The van der Waals surface area contributed by atoms with Crippen molar-refractivity contribution >= 4 is 34.1 Å². The number of fused-ring (bicyclic) bond motifs is 1. The van der Waals surface area contributed by atoms with Crippen LogP contribution >= 0.6 is 11.6 Å². The monoisotopic (exact) mass is 283 g/mol. The van der Waals surface area contributed by atoms with Crippen molar-refractivity contribution in [3.8, 4) is 0 Å². The molecule has 98 valence electrons. The highest BCUT2D eigenvalue weighted by Gasteiger charge is 2.15. The fourth-order valence-corrected chi connectivity index (χ4v) is 2.45. The minimum Gasteiger partial charge on any atom is -0.290 e. The zero-order valence-corrected chi connectivity index (χ0v) is 11.2. The third-order valence-corrected chi connectivity index (χ3v) is 3.54. The van der Waals surface area contributed by atoms with Crippen molar-refractivity contribution in [2.45, 2.75) is 6.42 Å². The summed E-state index contributed by atoms with van der Waals surface area (Å²) in [5.41, 5.74) is 2.12. The molecule has 1 aromatic carbocycles. The van der Waals surface area contributed by atoms with Gasteiger partial charge in [-0.1, -0.05) is 17.7 Å². The average Bonchev–Trinajstić information content (AvgIpc) is 2.46. The number of ketones is 2. The highest BCUT2D eigenvalue weighted by molar-refractivity contribution is 6.35. The van der Waals surface area contributed by atoms with Crippen molar-refractivity contribution in [2.75, 3.05) is 0 Å². The molecule has 0 aliphatic heterocycles. The number of carbonyl (C=O) groups is 2. The zero-order valence-electron chi connectivity index (χ0n) is 10.5. The number of hydrogen-bond acceptors (Lipinski definition) is 3. The van der Waals surface area contributed by atoms with Gasteiger partial charge in [-0.2, -0.15) is 0 Å². The van der Waals surface area contributed by atoms with Gasteiger partial charge >= 0.3 is 0 Å². The Hall–Kier alpha value is -2.26. The third-order valence-electron chi connectivity index (χ3n) is 3.21. The first-order valence-electron chi connectivity index (χ1n) is 6.14. The Balaban J connectivity index is 2.06. The van der Waals surface area contributed by atoms with E-state index in [9.17, 15) is 9.59 Å². The molecule has 0 amide bonds. The summed E-state index contributed by atoms with van der Waals surface area (Å²) in [5, 5.41) is 1.47. The standard InChI is InChI=1S/C16H10ClNO2/c17-14-5-3-10(16-13(14)2-1-7-18-16)8-11-9-12(19)4-6-15(11)20/h1-7,9H,8H2. The van der Waals surface area contributed by atoms with Gasteiger partial charge in [-0.15, -0.1) is 0 Å². The van der Waals surface area contributed by atoms with Gasteiger partial charge in [0.25, 0.3) is 0 Å². The summed E-state index contributed by atoms with van der Waals surface area (Å²) in [6.07, 6.45) is 6.03. The first-order valence-corrected chi connectivity index (χ1v) is 6.52. The number of halogens is 1. The molecule has 2 aromatic rings. The largest absolute Gasteiger partial charge is 0.290 e. The van der Waals surface area contributed by atoms with Crippen molar-refractivity contribution < 1.29 is 9.59 Å². The Morgan fingerprint density at radius 3 is 2.80 bits per heavy atom. The fraction of sp³-hybridized carbons (Fsp3) is 0.0625. The van der Waals surface area contributed by atoms with E-state index in [1.54, 1.807) is 12.3 Å². The molecule has 0 spiro atoms. The summed E-state index contributed by atoms with van der Waals surface area (Å²) in [5.74, 6) is -0.297. The lowest BCUT2D eigenvalue weighted by atomic mass is 9.95. The molecule has 1 aromatic heterocycles. The van der Waals surface area contributed by atoms with Crippen molar-refractivity contribution in [1.82, 2.24) is 4.98 Å². The second-order valence-corrected chi connectivity index (χ2v) is 4.96. The van der Waals surface area contributed by atoms with E-state index in [4.69, 9.17) is 11.6 Å². The van der Waals surface area contributed by atoms with Gasteiger partial charge in [0.05, 0.1) is 5.52 Å². The minimum atomic E-state index is -0.161. The van der Waals surface area contributed by atoms with Crippen LogP contribution in [0.2, 0.25) is 5.02 Å². The minimum absolute atomic E-state index is 0.136. The van der Waals surface area contributed by atoms with Crippen LogP contribution in [-0.2, 0) is 16.0 Å². The summed E-state index contributed by atoms with van der Waals surface area (Å²) in [7, 11) is 0. The van der Waals surface area contributed by atoms with E-state index in [0.29, 0.717) is 17.0 Å². The van der Waals surface area contributed by atoms with Gasteiger partial charge in [0, 0.05) is 28.6 Å². The Morgan fingerprint density at radius 2 is 1.95 bits per heavy atom. The highest BCUT2D eigenvalue weighted by Crippen LogP contribution is 2.26. The molecule has 0 saturated carbocycles. The molecule has 0 radical (unpaired) electrons. The molecule has 1 aliphatic carbocycles. The number of rotatable bonds is 2. The van der Waals surface area contributed by atoms with Gasteiger partial charge in [0.2, 0.25) is 0 Å². The zero-order chi connectivity index (χ0) is 14.1. The van der Waals surface area contributed by atoms with E-state index < -0.39 is 0 Å². The molecule has 0 fully saturated rings. The number of allylic oxidation sites excluding steroid dienone is 4. The SMILES string of the molecule is O=C1C=CC(=O)C(Cc2ccc(Cl)c3cccnc23)=C1. The van der Waals surface area contributed by atoms with Gasteiger partial charge in [0.1, 0.15) is 0 Å². The highest BCUT2D eigenvalue weighted by atomic mass is 35.5. The Bertz CT molecular complexity index is 790. The summed E-state index contributed by atoms with van der Waals surface area (Å²) >= 11 is 6.14. The fourth-order valence-electron chi connectivity index (χ4n) is 2.24. The van der Waals surface area contributed by atoms with E-state index in [-0.39, 0.29) is 11.6 Å². The predicted octanol–water partition coefficient (Wildman–Crippen LogP) is 3.07. The first kappa shape index (κ1) is 12.8. The molecule has 0 bridgehead atoms. The van der Waals surface area contributed by atoms with Crippen molar-refractivity contribution in [1.29, 1.82) is 0 Å². The molecular weight excluding hydrogens is 274 g/mol. The van der Waals surface area contributed by atoms with Crippen LogP contribution in [-0.4, -0.2) is 16.6 Å². The number of aromatic nitrogens is 1. The van der Waals surface area contributed by atoms with Crippen LogP contribution in [0.25, 0.3) is 10.9 Å². The van der Waals surface area contributed by atoms with Crippen molar-refractivity contribution in [3.63, 3.8) is 0 Å². The van der Waals surface area contributed by atoms with Crippen LogP contribution in [0.1, 0.15) is 5.56 Å². The predicted molar refractivity (Wildman–Crippen MR) is 77.7 cm³/mol. The molecular formula is C16H10ClNO2. The summed E-state index contributed by atoms with van der Waals surface area (Å²) in [6.45, 7) is 0. The molecule has 1 heterocycles. The van der Waals surface area contributed by atoms with Crippen LogP contribution in [0.15, 0.2) is 54.3 Å². The van der Waals surface area contributed by atoms with Gasteiger partial charge < -0.3 is 0 Å². The number of carbonyl (C=O) groups excluding carboxylic acids is 2. The van der Waals surface area contributed by atoms with Gasteiger partial charge in [-0.25, -0.2) is 0 Å². The topological polar surface area (TPSA) is 47.0 Å². The molecule has 20 heavy (non-hydrogen) atoms. The maximum Gasteiger partial charge on any atom is 0.182 e. The Morgan fingerprint density at radius 1 is 1.10 bits per heavy atom. The smallest absolute Gasteiger partial charge is 0.182 e. The maximum atomic E-state index is 11.8. The van der Waals surface area contributed by atoms with E-state index in [1.165, 1.54) is 18.2 Å². The summed E-state index contributed by atoms with van der Waals surface area (Å²) in [6, 6.07) is 7.33. The molecule has 3 nitrogen and oxygen atoms in total. The molecule has 0 unspecified atom stereocenters. The second-order valence-electron chi connectivity index (χ2n) is 4.55. The van der Waals surface area contributed by atoms with Crippen molar-refractivity contribution in [3.05, 3.63) is 64.8 Å². The van der Waals surface area contributed by atoms with Crippen LogP contribution in [0.3, 0.4) is 0 Å². The summed E-state index contributed by atoms with van der Waals surface area (Å²) in [4.78, 5) is 27.5. The van der Waals surface area contributed by atoms with E-state index in [0.717, 1.165) is 16.5 Å². The molecule has 0 N–H and O–H groups in total. The molecule has 1 aliphatic rings. The van der Waals surface area contributed by atoms with Crippen LogP contribution in [0.4, 0.5) is 0 Å². The first-order chi connectivity index (χ1) is 9.65. The lowest BCUT2D eigenvalue weighted by Crippen LogP contribution is -2.10. The Labute approximate surface area is 120 Å². The van der Waals surface area contributed by atoms with E-state index in [1.807, 2.05) is 18.2 Å². The Kier molecular flexibility index (Phi) is 3.20. The van der Waals surface area contributed by atoms with E-state index in [2.05, 4.69) is 4.98 Å². The molecule has 0 saturated heterocycles. The molecule has 0 atom stereocenters. The number of pyridine rings is 1. The number of benzene rings is 1. The van der Waals surface area contributed by atoms with Gasteiger partial charge in [-0.3, -0.25) is 14.6 Å². The van der Waals surface area contributed by atoms with Crippen LogP contribution in [0.5, 0.6) is 0 Å². The van der Waals surface area contributed by atoms with Crippen LogP contribution in [0, 0.1) is 0 Å². The average molecular weight is 284 g/mol. The normalized spacial score (nSPS) is 14.8. The van der Waals surface area contributed by atoms with Gasteiger partial charge in [0.15, 0.2) is 11.6 Å². The lowest BCUT2D eigenvalue weighted by molar-refractivity contribution is -0.114. The quantitative estimate of drug-likeness (QED) is 0.796. The second kappa shape index (κ2) is 5.02. The van der Waals surface area contributed by atoms with Gasteiger partial charge in [-0.05, 0) is 42.0 Å². The molecule has 4 heteroatoms.